The van der Waals surface area contributed by atoms with Crippen molar-refractivity contribution in [2.45, 2.75) is 45.7 Å². The Morgan fingerprint density at radius 2 is 1.92 bits per heavy atom. The van der Waals surface area contributed by atoms with Crippen molar-refractivity contribution in [3.05, 3.63) is 34.6 Å². The molecule has 1 aliphatic heterocycles. The average Bonchev–Trinajstić information content (AvgIpc) is 3.13. The number of aromatic nitrogens is 2. The highest BCUT2D eigenvalue weighted by Gasteiger charge is 2.47. The minimum atomic E-state index is -0.879. The van der Waals surface area contributed by atoms with E-state index < -0.39 is 11.6 Å². The van der Waals surface area contributed by atoms with Gasteiger partial charge in [-0.2, -0.15) is 0 Å². The Kier molecular flexibility index (Phi) is 5.13. The molecule has 7 nitrogen and oxygen atoms in total. The molecule has 0 saturated carbocycles. The average molecular weight is 421 g/mol. The molecule has 1 N–H and O–H groups in total. The van der Waals surface area contributed by atoms with Gasteiger partial charge in [0, 0.05) is 10.0 Å². The van der Waals surface area contributed by atoms with E-state index in [1.54, 1.807) is 6.92 Å². The second kappa shape index (κ2) is 7.19. The summed E-state index contributed by atoms with van der Waals surface area (Å²) >= 11 is 3.37. The summed E-state index contributed by atoms with van der Waals surface area (Å²) in [5.74, 6) is 0.767. The van der Waals surface area contributed by atoms with E-state index in [1.165, 1.54) is 0 Å². The summed E-state index contributed by atoms with van der Waals surface area (Å²) in [4.78, 5) is 26.1. The van der Waals surface area contributed by atoms with Crippen molar-refractivity contribution in [2.24, 2.45) is 5.92 Å². The summed E-state index contributed by atoms with van der Waals surface area (Å²) in [6.07, 6.45) is 1.45. The fourth-order valence-electron chi connectivity index (χ4n) is 2.80. The number of urea groups is 1. The van der Waals surface area contributed by atoms with Crippen LogP contribution in [0.2, 0.25) is 0 Å². The summed E-state index contributed by atoms with van der Waals surface area (Å²) in [5, 5.41) is 10.8. The van der Waals surface area contributed by atoms with Crippen LogP contribution in [0.5, 0.6) is 0 Å². The molecule has 26 heavy (non-hydrogen) atoms. The summed E-state index contributed by atoms with van der Waals surface area (Å²) in [6.45, 7) is 5.90. The Morgan fingerprint density at radius 1 is 1.23 bits per heavy atom. The molecule has 0 spiro atoms. The fraction of sp³-hybridized carbons (Fsp3) is 0.444. The van der Waals surface area contributed by atoms with Crippen molar-refractivity contribution in [3.63, 3.8) is 0 Å². The molecule has 1 aromatic carbocycles. The molecule has 1 fully saturated rings. The molecule has 3 amide bonds. The third kappa shape index (κ3) is 3.80. The second-order valence-electron chi connectivity index (χ2n) is 7.09. The Bertz CT molecular complexity index is 818. The number of hydrogen-bond donors (Lipinski definition) is 1. The lowest BCUT2D eigenvalue weighted by atomic mass is 9.92. The molecule has 138 valence electrons. The topological polar surface area (TPSA) is 88.3 Å². The zero-order valence-corrected chi connectivity index (χ0v) is 16.5. The van der Waals surface area contributed by atoms with E-state index in [-0.39, 0.29) is 18.3 Å². The van der Waals surface area contributed by atoms with Crippen molar-refractivity contribution in [2.75, 3.05) is 0 Å². The van der Waals surface area contributed by atoms with Crippen LogP contribution in [0, 0.1) is 5.92 Å². The maximum atomic E-state index is 12.7. The van der Waals surface area contributed by atoms with Crippen molar-refractivity contribution in [1.82, 2.24) is 20.4 Å². The van der Waals surface area contributed by atoms with Gasteiger partial charge in [-0.3, -0.25) is 9.69 Å². The van der Waals surface area contributed by atoms with Gasteiger partial charge in [0.05, 0.1) is 0 Å². The van der Waals surface area contributed by atoms with Gasteiger partial charge in [-0.05, 0) is 49.9 Å². The normalized spacial score (nSPS) is 20.1. The monoisotopic (exact) mass is 420 g/mol. The summed E-state index contributed by atoms with van der Waals surface area (Å²) in [7, 11) is 0. The Morgan fingerprint density at radius 3 is 2.58 bits per heavy atom. The van der Waals surface area contributed by atoms with E-state index in [1.807, 2.05) is 24.3 Å². The number of amides is 3. The molecule has 0 aliphatic carbocycles. The molecule has 3 rings (SSSR count). The Balaban J connectivity index is 1.72. The molecule has 0 radical (unpaired) electrons. The molecule has 2 heterocycles. The minimum absolute atomic E-state index is 0.0362. The largest absolute Gasteiger partial charge is 0.419 e. The predicted molar refractivity (Wildman–Crippen MR) is 99.0 cm³/mol. The lowest BCUT2D eigenvalue weighted by molar-refractivity contribution is -0.131. The highest BCUT2D eigenvalue weighted by molar-refractivity contribution is 9.10. The molecule has 1 aliphatic rings. The second-order valence-corrected chi connectivity index (χ2v) is 8.01. The predicted octanol–water partition coefficient (Wildman–Crippen LogP) is 3.75. The zero-order chi connectivity index (χ0) is 18.9. The Labute approximate surface area is 160 Å². The number of nitrogens with one attached hydrogen (secondary N) is 1. The summed E-state index contributed by atoms with van der Waals surface area (Å²) in [5.41, 5.74) is -0.110. The van der Waals surface area contributed by atoms with Crippen LogP contribution in [-0.4, -0.2) is 32.6 Å². The lowest BCUT2D eigenvalue weighted by Gasteiger charge is -2.22. The fourth-order valence-corrected chi connectivity index (χ4v) is 3.06. The van der Waals surface area contributed by atoms with Crippen LogP contribution in [-0.2, 0) is 11.3 Å². The molecule has 2 aromatic rings. The van der Waals surface area contributed by atoms with Crippen molar-refractivity contribution < 1.29 is 14.0 Å². The first kappa shape index (κ1) is 18.6. The van der Waals surface area contributed by atoms with Crippen LogP contribution in [0.15, 0.2) is 33.2 Å². The van der Waals surface area contributed by atoms with E-state index in [2.05, 4.69) is 45.3 Å². The van der Waals surface area contributed by atoms with E-state index in [9.17, 15) is 9.59 Å². The SMILES string of the molecule is CC(C)CC[C@]1(C)NC(=O)N(Cc2nnc(-c3ccc(Br)cc3)o2)C1=O. The van der Waals surface area contributed by atoms with Gasteiger partial charge in [-0.15, -0.1) is 10.2 Å². The van der Waals surface area contributed by atoms with Gasteiger partial charge in [0.2, 0.25) is 11.8 Å². The number of carbonyl (C=O) groups is 2. The van der Waals surface area contributed by atoms with Crippen molar-refractivity contribution in [1.29, 1.82) is 0 Å². The molecule has 8 heteroatoms. The van der Waals surface area contributed by atoms with E-state index >= 15 is 0 Å². The van der Waals surface area contributed by atoms with Gasteiger partial charge in [0.1, 0.15) is 12.1 Å². The smallest absolute Gasteiger partial charge is 0.325 e. The molecule has 1 atom stereocenters. The molecule has 1 aromatic heterocycles. The molecular formula is C18H21BrN4O3. The number of benzene rings is 1. The molecule has 0 unspecified atom stereocenters. The molecular weight excluding hydrogens is 400 g/mol. The van der Waals surface area contributed by atoms with E-state index in [0.29, 0.717) is 18.2 Å². The first-order valence-corrected chi connectivity index (χ1v) is 9.30. The highest BCUT2D eigenvalue weighted by atomic mass is 79.9. The van der Waals surface area contributed by atoms with Crippen LogP contribution in [0.4, 0.5) is 4.79 Å². The number of halogens is 1. The zero-order valence-electron chi connectivity index (χ0n) is 15.0. The third-order valence-electron chi connectivity index (χ3n) is 4.42. The first-order valence-electron chi connectivity index (χ1n) is 8.51. The van der Waals surface area contributed by atoms with Crippen molar-refractivity contribution >= 4 is 27.9 Å². The van der Waals surface area contributed by atoms with Gasteiger partial charge in [0.25, 0.3) is 5.91 Å². The number of nitrogens with zero attached hydrogens (tertiary/aromatic N) is 3. The van der Waals surface area contributed by atoms with Crippen LogP contribution in [0.25, 0.3) is 11.5 Å². The first-order chi connectivity index (χ1) is 12.3. The quantitative estimate of drug-likeness (QED) is 0.718. The molecule has 1 saturated heterocycles. The van der Waals surface area contributed by atoms with Crippen LogP contribution in [0.1, 0.15) is 39.5 Å². The summed E-state index contributed by atoms with van der Waals surface area (Å²) in [6, 6.07) is 7.01. The van der Waals surface area contributed by atoms with Gasteiger partial charge in [-0.1, -0.05) is 29.8 Å². The van der Waals surface area contributed by atoms with Gasteiger partial charge in [0.15, 0.2) is 0 Å². The number of carbonyl (C=O) groups excluding carboxylic acids is 2. The Hall–Kier alpha value is -2.22. The van der Waals surface area contributed by atoms with Gasteiger partial charge in [-0.25, -0.2) is 4.79 Å². The van der Waals surface area contributed by atoms with Crippen LogP contribution < -0.4 is 5.32 Å². The minimum Gasteiger partial charge on any atom is -0.419 e. The third-order valence-corrected chi connectivity index (χ3v) is 4.95. The number of hydrogen-bond acceptors (Lipinski definition) is 5. The standard InChI is InChI=1S/C18H21BrN4O3/c1-11(2)8-9-18(3)16(24)23(17(25)20-18)10-14-21-22-15(26-14)12-4-6-13(19)7-5-12/h4-7,11H,8-10H2,1-3H3,(H,20,25)/t18-/m0/s1. The molecule has 0 bridgehead atoms. The van der Waals surface area contributed by atoms with Crippen molar-refractivity contribution in [3.8, 4) is 11.5 Å². The van der Waals surface area contributed by atoms with Gasteiger partial charge < -0.3 is 9.73 Å². The van der Waals surface area contributed by atoms with E-state index in [4.69, 9.17) is 4.42 Å². The van der Waals surface area contributed by atoms with Crippen LogP contribution in [0.3, 0.4) is 0 Å². The van der Waals surface area contributed by atoms with Gasteiger partial charge >= 0.3 is 6.03 Å². The maximum Gasteiger partial charge on any atom is 0.325 e. The maximum absolute atomic E-state index is 12.7. The number of imide groups is 1. The lowest BCUT2D eigenvalue weighted by Crippen LogP contribution is -2.44. The number of rotatable bonds is 6. The van der Waals surface area contributed by atoms with E-state index in [0.717, 1.165) is 21.4 Å². The highest BCUT2D eigenvalue weighted by Crippen LogP contribution is 2.27. The van der Waals surface area contributed by atoms with Crippen LogP contribution >= 0.6 is 15.9 Å². The summed E-state index contributed by atoms with van der Waals surface area (Å²) < 4.78 is 6.57.